The molecule has 3 aromatic rings. The molecule has 0 saturated heterocycles. The second-order valence-corrected chi connectivity index (χ2v) is 5.58. The Morgan fingerprint density at radius 1 is 1.00 bits per heavy atom. The van der Waals surface area contributed by atoms with Gasteiger partial charge in [-0.1, -0.05) is 18.2 Å². The molecule has 0 aliphatic heterocycles. The topological polar surface area (TPSA) is 62.1 Å². The summed E-state index contributed by atoms with van der Waals surface area (Å²) in [6.07, 6.45) is 0. The zero-order chi connectivity index (χ0) is 18.4. The number of nitrogens with zero attached hydrogens (tertiary/aromatic N) is 1. The first-order valence-electron chi connectivity index (χ1n) is 7.95. The van der Waals surface area contributed by atoms with E-state index in [2.05, 4.69) is 5.32 Å². The van der Waals surface area contributed by atoms with Crippen molar-refractivity contribution in [2.24, 2.45) is 0 Å². The van der Waals surface area contributed by atoms with Crippen molar-refractivity contribution in [1.82, 2.24) is 5.32 Å². The number of hydrogen-bond donors (Lipinski definition) is 1. The van der Waals surface area contributed by atoms with Crippen LogP contribution in [0.15, 0.2) is 72.8 Å². The van der Waals surface area contributed by atoms with Gasteiger partial charge in [-0.25, -0.2) is 4.39 Å². The Balaban J connectivity index is 1.58. The molecule has 128 valence electrons. The van der Waals surface area contributed by atoms with Crippen LogP contribution >= 0.6 is 0 Å². The van der Waals surface area contributed by atoms with Crippen LogP contribution in [0.1, 0.15) is 21.5 Å². The van der Waals surface area contributed by atoms with E-state index in [9.17, 15) is 9.18 Å². The summed E-state index contributed by atoms with van der Waals surface area (Å²) in [5.41, 5.74) is 1.79. The number of hydrogen-bond acceptors (Lipinski definition) is 3. The fourth-order valence-corrected chi connectivity index (χ4v) is 2.33. The lowest BCUT2D eigenvalue weighted by Crippen LogP contribution is -2.22. The number of ether oxygens (including phenoxy) is 1. The van der Waals surface area contributed by atoms with Crippen LogP contribution in [0, 0.1) is 17.1 Å². The van der Waals surface area contributed by atoms with E-state index in [1.807, 2.05) is 18.2 Å². The number of nitriles is 1. The first kappa shape index (κ1) is 17.2. The maximum Gasteiger partial charge on any atom is 0.251 e. The van der Waals surface area contributed by atoms with Crippen molar-refractivity contribution in [2.45, 2.75) is 6.54 Å². The van der Waals surface area contributed by atoms with Crippen molar-refractivity contribution < 1.29 is 13.9 Å². The average Bonchev–Trinajstić information content (AvgIpc) is 2.69. The number of carbonyl (C=O) groups excluding carboxylic acids is 1. The van der Waals surface area contributed by atoms with Crippen LogP contribution < -0.4 is 10.1 Å². The zero-order valence-electron chi connectivity index (χ0n) is 13.8. The predicted octanol–water partition coefficient (Wildman–Crippen LogP) is 4.42. The van der Waals surface area contributed by atoms with Gasteiger partial charge in [0.05, 0.1) is 11.6 Å². The van der Waals surface area contributed by atoms with Crippen molar-refractivity contribution in [3.63, 3.8) is 0 Å². The molecule has 0 saturated carbocycles. The van der Waals surface area contributed by atoms with Crippen molar-refractivity contribution >= 4 is 5.91 Å². The minimum atomic E-state index is -0.316. The van der Waals surface area contributed by atoms with E-state index in [4.69, 9.17) is 10.00 Å². The predicted molar refractivity (Wildman–Crippen MR) is 95.2 cm³/mol. The Morgan fingerprint density at radius 3 is 2.31 bits per heavy atom. The highest BCUT2D eigenvalue weighted by Gasteiger charge is 2.06. The summed E-state index contributed by atoms with van der Waals surface area (Å²) in [6, 6.07) is 21.6. The second-order valence-electron chi connectivity index (χ2n) is 5.58. The molecule has 0 spiro atoms. The molecule has 0 fully saturated rings. The largest absolute Gasteiger partial charge is 0.457 e. The first-order valence-corrected chi connectivity index (χ1v) is 7.95. The first-order chi connectivity index (χ1) is 12.6. The number of carbonyl (C=O) groups is 1. The maximum absolute atomic E-state index is 12.9. The van der Waals surface area contributed by atoms with Crippen molar-refractivity contribution in [3.8, 4) is 17.6 Å². The van der Waals surface area contributed by atoms with Gasteiger partial charge in [-0.15, -0.1) is 0 Å². The summed E-state index contributed by atoms with van der Waals surface area (Å²) in [6.45, 7) is 0.354. The monoisotopic (exact) mass is 346 g/mol. The highest BCUT2D eigenvalue weighted by molar-refractivity contribution is 5.94. The fraction of sp³-hybridized carbons (Fsp3) is 0.0476. The highest BCUT2D eigenvalue weighted by Crippen LogP contribution is 2.21. The van der Waals surface area contributed by atoms with E-state index in [1.165, 1.54) is 12.1 Å². The van der Waals surface area contributed by atoms with Gasteiger partial charge in [-0.3, -0.25) is 4.79 Å². The van der Waals surface area contributed by atoms with Crippen LogP contribution in [0.5, 0.6) is 11.5 Å². The minimum absolute atomic E-state index is 0.242. The van der Waals surface area contributed by atoms with E-state index in [0.29, 0.717) is 29.2 Å². The van der Waals surface area contributed by atoms with E-state index in [1.54, 1.807) is 48.5 Å². The molecule has 0 bridgehead atoms. The lowest BCUT2D eigenvalue weighted by atomic mass is 10.1. The van der Waals surface area contributed by atoms with Crippen molar-refractivity contribution in [2.75, 3.05) is 0 Å². The molecular formula is C21H15FN2O2. The summed E-state index contributed by atoms with van der Waals surface area (Å²) in [7, 11) is 0. The molecule has 3 rings (SSSR count). The summed E-state index contributed by atoms with van der Waals surface area (Å²) >= 11 is 0. The number of nitrogens with one attached hydrogen (secondary N) is 1. The summed E-state index contributed by atoms with van der Waals surface area (Å²) in [5.74, 6) is 0.607. The van der Waals surface area contributed by atoms with Gasteiger partial charge in [0.1, 0.15) is 17.3 Å². The Labute approximate surface area is 150 Å². The Bertz CT molecular complexity index is 945. The van der Waals surface area contributed by atoms with Gasteiger partial charge in [-0.05, 0) is 60.2 Å². The van der Waals surface area contributed by atoms with Crippen LogP contribution in [-0.4, -0.2) is 5.91 Å². The van der Waals surface area contributed by atoms with Gasteiger partial charge >= 0.3 is 0 Å². The second kappa shape index (κ2) is 7.95. The summed E-state index contributed by atoms with van der Waals surface area (Å²) in [5, 5.41) is 11.7. The molecule has 1 N–H and O–H groups in total. The molecule has 5 heteroatoms. The maximum atomic E-state index is 12.9. The van der Waals surface area contributed by atoms with Crippen LogP contribution in [0.4, 0.5) is 4.39 Å². The fourth-order valence-electron chi connectivity index (χ4n) is 2.33. The van der Waals surface area contributed by atoms with E-state index < -0.39 is 0 Å². The third-order valence-corrected chi connectivity index (χ3v) is 3.68. The third kappa shape index (κ3) is 4.46. The van der Waals surface area contributed by atoms with Crippen LogP contribution in [0.2, 0.25) is 0 Å². The van der Waals surface area contributed by atoms with Crippen LogP contribution in [-0.2, 0) is 6.54 Å². The van der Waals surface area contributed by atoms with Gasteiger partial charge in [0.2, 0.25) is 0 Å². The van der Waals surface area contributed by atoms with Gasteiger partial charge in [0.15, 0.2) is 0 Å². The average molecular weight is 346 g/mol. The van der Waals surface area contributed by atoms with Crippen LogP contribution in [0.3, 0.4) is 0 Å². The molecule has 26 heavy (non-hydrogen) atoms. The number of benzene rings is 3. The molecule has 1 amide bonds. The summed E-state index contributed by atoms with van der Waals surface area (Å²) in [4.78, 5) is 12.1. The van der Waals surface area contributed by atoms with Gasteiger partial charge in [-0.2, -0.15) is 5.26 Å². The Kier molecular flexibility index (Phi) is 5.25. The number of rotatable bonds is 5. The lowest BCUT2D eigenvalue weighted by Gasteiger charge is -2.08. The molecule has 0 radical (unpaired) electrons. The van der Waals surface area contributed by atoms with Crippen molar-refractivity contribution in [3.05, 3.63) is 95.3 Å². The van der Waals surface area contributed by atoms with Crippen LogP contribution in [0.25, 0.3) is 0 Å². The molecule has 0 unspecified atom stereocenters. The van der Waals surface area contributed by atoms with Gasteiger partial charge in [0.25, 0.3) is 5.91 Å². The standard InChI is InChI=1S/C21H15FN2O2/c22-18-6-10-20(11-7-18)26-19-8-4-15(5-9-19)14-24-21(25)17-3-1-2-16(12-17)13-23/h1-12H,14H2,(H,24,25). The van der Waals surface area contributed by atoms with Gasteiger partial charge in [0, 0.05) is 12.1 Å². The minimum Gasteiger partial charge on any atom is -0.457 e. The quantitative estimate of drug-likeness (QED) is 0.744. The summed E-state index contributed by atoms with van der Waals surface area (Å²) < 4.78 is 18.5. The molecule has 0 aliphatic rings. The lowest BCUT2D eigenvalue weighted by molar-refractivity contribution is 0.0951. The van der Waals surface area contributed by atoms with Gasteiger partial charge < -0.3 is 10.1 Å². The molecule has 0 aliphatic carbocycles. The highest BCUT2D eigenvalue weighted by atomic mass is 19.1. The SMILES string of the molecule is N#Cc1cccc(C(=O)NCc2ccc(Oc3ccc(F)cc3)cc2)c1. The molecule has 4 nitrogen and oxygen atoms in total. The molecule has 0 aromatic heterocycles. The third-order valence-electron chi connectivity index (χ3n) is 3.68. The smallest absolute Gasteiger partial charge is 0.251 e. The molecule has 0 atom stereocenters. The zero-order valence-corrected chi connectivity index (χ0v) is 13.8. The normalized spacial score (nSPS) is 10.0. The van der Waals surface area contributed by atoms with E-state index in [0.717, 1.165) is 5.56 Å². The molecule has 0 heterocycles. The molecule has 3 aromatic carbocycles. The van der Waals surface area contributed by atoms with Crippen molar-refractivity contribution in [1.29, 1.82) is 5.26 Å². The Hall–Kier alpha value is -3.65. The number of halogens is 1. The van der Waals surface area contributed by atoms with E-state index >= 15 is 0 Å². The Morgan fingerprint density at radius 2 is 1.65 bits per heavy atom. The number of amides is 1. The van der Waals surface area contributed by atoms with E-state index in [-0.39, 0.29) is 11.7 Å². The molecular weight excluding hydrogens is 331 g/mol.